The Bertz CT molecular complexity index is 1970. The maximum Gasteiger partial charge on any atom is 0.408 e. The molecule has 3 fully saturated rings. The van der Waals surface area contributed by atoms with E-state index in [-0.39, 0.29) is 31.2 Å². The fraction of sp³-hybridized carbons (Fsp3) is 0.632. The fourth-order valence-corrected chi connectivity index (χ4v) is 7.18. The molecule has 5 rings (SSSR count). The first-order chi connectivity index (χ1) is 25.5. The van der Waals surface area contributed by atoms with Crippen molar-refractivity contribution in [3.63, 3.8) is 0 Å². The van der Waals surface area contributed by atoms with Gasteiger partial charge in [0.2, 0.25) is 27.7 Å². The van der Waals surface area contributed by atoms with Gasteiger partial charge >= 0.3 is 6.09 Å². The van der Waals surface area contributed by atoms with Crippen molar-refractivity contribution in [2.24, 2.45) is 11.3 Å². The Hall–Kier alpha value is -4.67. The van der Waals surface area contributed by atoms with Crippen LogP contribution in [-0.4, -0.2) is 102 Å². The topological polar surface area (TPSA) is 204 Å². The lowest BCUT2D eigenvalue weighted by molar-refractivity contribution is -0.143. The lowest BCUT2D eigenvalue weighted by Crippen LogP contribution is -2.60. The van der Waals surface area contributed by atoms with Crippen molar-refractivity contribution in [3.8, 4) is 17.4 Å². The minimum absolute atomic E-state index is 0.0286. The lowest BCUT2D eigenvalue weighted by atomic mass is 9.85. The first-order valence-corrected chi connectivity index (χ1v) is 20.0. The predicted octanol–water partition coefficient (Wildman–Crippen LogP) is 3.73. The zero-order valence-electron chi connectivity index (χ0n) is 33.3. The van der Waals surface area contributed by atoms with Crippen molar-refractivity contribution in [2.75, 3.05) is 20.8 Å². The van der Waals surface area contributed by atoms with E-state index in [1.165, 1.54) is 39.0 Å². The highest BCUT2D eigenvalue weighted by molar-refractivity contribution is 7.90. The van der Waals surface area contributed by atoms with E-state index in [1.807, 2.05) is 0 Å². The summed E-state index contributed by atoms with van der Waals surface area (Å²) >= 11 is 0. The largest absolute Gasteiger partial charge is 0.493 e. The van der Waals surface area contributed by atoms with Crippen LogP contribution in [-0.2, 0) is 29.1 Å². The molecule has 2 aliphatic carbocycles. The zero-order valence-corrected chi connectivity index (χ0v) is 34.1. The summed E-state index contributed by atoms with van der Waals surface area (Å²) < 4.78 is 50.6. The number of nitrogens with zero attached hydrogens (tertiary/aromatic N) is 3. The van der Waals surface area contributed by atoms with Crippen LogP contribution in [0.5, 0.6) is 17.4 Å². The molecule has 302 valence electrons. The maximum absolute atomic E-state index is 14.6. The number of benzene rings is 1. The van der Waals surface area contributed by atoms with Crippen molar-refractivity contribution < 1.29 is 46.5 Å². The molecule has 2 heterocycles. The molecule has 16 nitrogen and oxygen atoms in total. The number of fused-ring (bicyclic) bond motifs is 1. The van der Waals surface area contributed by atoms with Crippen LogP contribution >= 0.6 is 0 Å². The molecule has 4 amide bonds. The van der Waals surface area contributed by atoms with Crippen molar-refractivity contribution in [1.29, 1.82) is 0 Å². The first kappa shape index (κ1) is 41.5. The SMILES string of the molecule is C=CC1CC1(NC(=O)C1CC(Oc2nc(C3CC3)nc3cc(OC)c(OC)cc23)CN1C(=O)[C@@H](NC(=O)OC(C)(C)C)C(C)(C)C)C(=O)NS(=O)(=O)C(C)C. The maximum atomic E-state index is 14.6. The second-order valence-corrected chi connectivity index (χ2v) is 19.1. The van der Waals surface area contributed by atoms with Crippen molar-refractivity contribution in [2.45, 2.75) is 122 Å². The molecule has 2 saturated carbocycles. The summed E-state index contributed by atoms with van der Waals surface area (Å²) in [4.78, 5) is 66.4. The van der Waals surface area contributed by atoms with E-state index in [0.29, 0.717) is 28.2 Å². The van der Waals surface area contributed by atoms with Crippen LogP contribution < -0.4 is 29.6 Å². The third-order valence-corrected chi connectivity index (χ3v) is 11.6. The summed E-state index contributed by atoms with van der Waals surface area (Å²) in [6, 6.07) is 1.09. The second-order valence-electron chi connectivity index (χ2n) is 16.8. The van der Waals surface area contributed by atoms with Gasteiger partial charge in [-0.15, -0.1) is 6.58 Å². The number of amides is 4. The van der Waals surface area contributed by atoms with Crippen LogP contribution in [0.3, 0.4) is 0 Å². The number of likely N-dealkylation sites (tertiary alicyclic amines) is 1. The Labute approximate surface area is 322 Å². The quantitative estimate of drug-likeness (QED) is 0.249. The third kappa shape index (κ3) is 9.08. The molecule has 17 heteroatoms. The fourth-order valence-electron chi connectivity index (χ4n) is 6.51. The highest BCUT2D eigenvalue weighted by Crippen LogP contribution is 2.46. The molecule has 55 heavy (non-hydrogen) atoms. The van der Waals surface area contributed by atoms with Gasteiger partial charge in [0.15, 0.2) is 11.5 Å². The summed E-state index contributed by atoms with van der Waals surface area (Å²) in [5.74, 6) is -0.869. The summed E-state index contributed by atoms with van der Waals surface area (Å²) in [5, 5.41) is 5.10. The number of hydrogen-bond donors (Lipinski definition) is 3. The van der Waals surface area contributed by atoms with Crippen LogP contribution in [0.25, 0.3) is 10.9 Å². The van der Waals surface area contributed by atoms with Crippen molar-refractivity contribution >= 4 is 44.7 Å². The summed E-state index contributed by atoms with van der Waals surface area (Å²) in [5.41, 5.74) is -2.74. The van der Waals surface area contributed by atoms with Crippen LogP contribution in [0.1, 0.15) is 92.8 Å². The number of hydrogen-bond acceptors (Lipinski definition) is 12. The number of rotatable bonds is 13. The minimum atomic E-state index is -4.03. The smallest absolute Gasteiger partial charge is 0.408 e. The molecule has 4 unspecified atom stereocenters. The third-order valence-electron chi connectivity index (χ3n) is 9.93. The molecule has 1 aromatic heterocycles. The molecule has 3 N–H and O–H groups in total. The van der Waals surface area contributed by atoms with Gasteiger partial charge < -0.3 is 34.5 Å². The van der Waals surface area contributed by atoms with E-state index in [0.717, 1.165) is 12.8 Å². The predicted molar refractivity (Wildman–Crippen MR) is 203 cm³/mol. The number of ether oxygens (including phenoxy) is 4. The van der Waals surface area contributed by atoms with E-state index < -0.39 is 79.7 Å². The average molecular weight is 787 g/mol. The van der Waals surface area contributed by atoms with Crippen molar-refractivity contribution in [3.05, 3.63) is 30.6 Å². The Balaban J connectivity index is 1.52. The zero-order chi connectivity index (χ0) is 40.8. The van der Waals surface area contributed by atoms with Gasteiger partial charge in [0.1, 0.15) is 35.2 Å². The summed E-state index contributed by atoms with van der Waals surface area (Å²) in [6.07, 6.45) is 1.79. The highest BCUT2D eigenvalue weighted by Gasteiger charge is 2.61. The molecule has 1 aromatic carbocycles. The molecule has 0 radical (unpaired) electrons. The molecule has 1 aliphatic heterocycles. The van der Waals surface area contributed by atoms with E-state index in [4.69, 9.17) is 28.9 Å². The van der Waals surface area contributed by atoms with E-state index in [9.17, 15) is 27.6 Å². The Morgan fingerprint density at radius 3 is 2.18 bits per heavy atom. The molecule has 0 spiro atoms. The van der Waals surface area contributed by atoms with Crippen LogP contribution in [0.15, 0.2) is 24.8 Å². The Morgan fingerprint density at radius 1 is 1.02 bits per heavy atom. The van der Waals surface area contributed by atoms with Gasteiger partial charge in [-0.2, -0.15) is 4.98 Å². The average Bonchev–Trinajstić information content (AvgIpc) is 4.01. The van der Waals surface area contributed by atoms with E-state index in [1.54, 1.807) is 53.7 Å². The van der Waals surface area contributed by atoms with Gasteiger partial charge in [-0.3, -0.25) is 19.1 Å². The summed E-state index contributed by atoms with van der Waals surface area (Å²) in [6.45, 7) is 17.0. The lowest BCUT2D eigenvalue weighted by Gasteiger charge is -2.36. The Morgan fingerprint density at radius 2 is 1.65 bits per heavy atom. The number of carbonyl (C=O) groups is 4. The molecule has 1 saturated heterocycles. The standard InChI is InChI=1S/C38H54N6O10S/c1-12-22-18-38(22,34(47)43-55(49,50)20(2)3)42-31(45)26-15-23(19-44(26)33(46)29(36(4,5)6)40-35(48)54-37(7,8)9)53-32-24-16-27(51-10)28(52-11)17-25(24)39-30(41-32)21-13-14-21/h12,16-17,20-23,26,29H,1,13-15,18-19H2,2-11H3,(H,40,48)(H,42,45)(H,43,47)/t22?,23?,26?,29-,38?/m1/s1. The molecule has 3 aliphatic rings. The van der Waals surface area contributed by atoms with Gasteiger partial charge in [0.05, 0.1) is 36.9 Å². The van der Waals surface area contributed by atoms with Crippen molar-refractivity contribution in [1.82, 2.24) is 30.2 Å². The van der Waals surface area contributed by atoms with Gasteiger partial charge in [0.25, 0.3) is 5.91 Å². The van der Waals surface area contributed by atoms with Crippen LogP contribution in [0.2, 0.25) is 0 Å². The minimum Gasteiger partial charge on any atom is -0.493 e. The van der Waals surface area contributed by atoms with Gasteiger partial charge in [0, 0.05) is 24.3 Å². The van der Waals surface area contributed by atoms with Crippen LogP contribution in [0, 0.1) is 11.3 Å². The first-order valence-electron chi connectivity index (χ1n) is 18.4. The van der Waals surface area contributed by atoms with Gasteiger partial charge in [-0.05, 0) is 65.4 Å². The van der Waals surface area contributed by atoms with E-state index >= 15 is 0 Å². The monoisotopic (exact) mass is 786 g/mol. The summed E-state index contributed by atoms with van der Waals surface area (Å²) in [7, 11) is -0.999. The second kappa shape index (κ2) is 15.1. The molecular formula is C38H54N6O10S. The normalized spacial score (nSPS) is 23.1. The number of alkyl carbamates (subject to hydrolysis) is 1. The van der Waals surface area contributed by atoms with Gasteiger partial charge in [-0.1, -0.05) is 26.8 Å². The van der Waals surface area contributed by atoms with Gasteiger partial charge in [-0.25, -0.2) is 18.2 Å². The number of sulfonamides is 1. The van der Waals surface area contributed by atoms with Crippen LogP contribution in [0.4, 0.5) is 4.79 Å². The van der Waals surface area contributed by atoms with E-state index in [2.05, 4.69) is 21.9 Å². The molecule has 0 bridgehead atoms. The molecular weight excluding hydrogens is 733 g/mol. The highest BCUT2D eigenvalue weighted by atomic mass is 32.2. The molecule has 2 aromatic rings. The Kier molecular flexibility index (Phi) is 11.4. The number of aromatic nitrogens is 2. The number of nitrogens with one attached hydrogen (secondary N) is 3. The molecule has 5 atom stereocenters. The number of methoxy groups -OCH3 is 2. The number of carbonyl (C=O) groups excluding carboxylic acids is 4.